The number of carbonyl (C=O) groups is 3. The van der Waals surface area contributed by atoms with E-state index < -0.39 is 36.1 Å². The van der Waals surface area contributed by atoms with Gasteiger partial charge < -0.3 is 27.4 Å². The van der Waals surface area contributed by atoms with Crippen LogP contribution < -0.4 is 32.4 Å². The van der Waals surface area contributed by atoms with Crippen molar-refractivity contribution in [1.82, 2.24) is 10.6 Å². The molecule has 1 aromatic rings. The van der Waals surface area contributed by atoms with Gasteiger partial charge in [0.25, 0.3) is 5.71 Å². The lowest BCUT2D eigenvalue weighted by Crippen LogP contribution is -2.80. The Hall–Kier alpha value is -3.41. The maximum absolute atomic E-state index is 13.7. The number of carbonyl (C=O) groups excluding carboxylic acids is 3. The molecule has 0 radical (unpaired) electrons. The minimum Gasteiger partial charge on any atom is -0.404 e. The zero-order valence-corrected chi connectivity index (χ0v) is 22.7. The number of nitrogens with two attached hydrogens (primary N) is 2. The maximum atomic E-state index is 13.7. The number of nitrogens with one attached hydrogen (secondary N) is 4. The second-order valence-electron chi connectivity index (χ2n) is 11.3. The monoisotopic (exact) mass is 563 g/mol. The number of anilines is 1. The van der Waals surface area contributed by atoms with Crippen LogP contribution in [0.25, 0.3) is 0 Å². The Morgan fingerprint density at radius 2 is 1.70 bits per heavy atom. The zero-order chi connectivity index (χ0) is 29.2. The van der Waals surface area contributed by atoms with Gasteiger partial charge in [0.2, 0.25) is 11.8 Å². The average Bonchev–Trinajstić information content (AvgIpc) is 3.82. The Kier molecular flexibility index (Phi) is 8.86. The Morgan fingerprint density at radius 3 is 2.25 bits per heavy atom. The quantitative estimate of drug-likeness (QED) is 0.221. The van der Waals surface area contributed by atoms with E-state index >= 15 is 0 Å². The second kappa shape index (κ2) is 12.0. The second-order valence-corrected chi connectivity index (χ2v) is 11.3. The molecule has 1 unspecified atom stereocenters. The lowest BCUT2D eigenvalue weighted by Gasteiger charge is -2.27. The SMILES string of the molecule is CC(C)[NH+]=C(/C=C\N)C(=O)N[C@H](C(=O)Nc1ccc2c(c1)CC[C@H]2NC(=O)C(N)C(F)(F)F)C(C1CC1)C1CC1. The van der Waals surface area contributed by atoms with Gasteiger partial charge in [-0.1, -0.05) is 6.07 Å². The number of rotatable bonds is 11. The van der Waals surface area contributed by atoms with E-state index in [0.29, 0.717) is 35.9 Å². The maximum Gasteiger partial charge on any atom is 0.412 e. The summed E-state index contributed by atoms with van der Waals surface area (Å²) < 4.78 is 38.5. The van der Waals surface area contributed by atoms with Crippen molar-refractivity contribution in [1.29, 1.82) is 0 Å². The molecule has 0 spiro atoms. The molecule has 12 heteroatoms. The molecule has 3 aliphatic carbocycles. The number of amides is 3. The molecule has 40 heavy (non-hydrogen) atoms. The molecule has 3 atom stereocenters. The molecule has 3 amide bonds. The van der Waals surface area contributed by atoms with Crippen LogP contribution in [0.2, 0.25) is 0 Å². The summed E-state index contributed by atoms with van der Waals surface area (Å²) in [7, 11) is 0. The van der Waals surface area contributed by atoms with Crippen molar-refractivity contribution in [2.45, 2.75) is 82.7 Å². The molecule has 8 N–H and O–H groups in total. The van der Waals surface area contributed by atoms with E-state index in [9.17, 15) is 27.6 Å². The molecular weight excluding hydrogens is 525 g/mol. The minimum atomic E-state index is -4.83. The molecule has 2 saturated carbocycles. The van der Waals surface area contributed by atoms with Crippen LogP contribution in [0.1, 0.15) is 63.1 Å². The molecule has 9 nitrogen and oxygen atoms in total. The fourth-order valence-electron chi connectivity index (χ4n) is 5.52. The standard InChI is InChI=1S/C28H37F3N6O3/c1-14(2)34-21(11-12-32)25(38)37-23(22(15-3-4-15)16-5-6-16)26(39)35-18-8-9-19-17(13-18)7-10-20(19)36-27(40)24(33)28(29,30)31/h8-9,11-16,20,22-24H,3-7,10,32-33H2,1-2H3,(H,35,39)(H,36,40)(H,37,38)/p+1/b12-11-,34-21?/t20-,23+,24?/m1/s1. The van der Waals surface area contributed by atoms with E-state index in [1.807, 2.05) is 13.8 Å². The first-order valence-electron chi connectivity index (χ1n) is 13.8. The zero-order valence-electron chi connectivity index (χ0n) is 22.7. The summed E-state index contributed by atoms with van der Waals surface area (Å²) in [6, 6.07) is 1.16. The Morgan fingerprint density at radius 1 is 1.05 bits per heavy atom. The number of fused-ring (bicyclic) bond motifs is 1. The van der Waals surface area contributed by atoms with Crippen LogP contribution in [0.4, 0.5) is 18.9 Å². The van der Waals surface area contributed by atoms with Gasteiger partial charge in [-0.15, -0.1) is 0 Å². The number of alkyl halides is 3. The van der Waals surface area contributed by atoms with Crippen molar-refractivity contribution < 1.29 is 32.5 Å². The molecular formula is C28H38F3N6O3+. The highest BCUT2D eigenvalue weighted by atomic mass is 19.4. The molecule has 1 aromatic carbocycles. The summed E-state index contributed by atoms with van der Waals surface area (Å²) in [6.07, 6.45) is 2.95. The lowest BCUT2D eigenvalue weighted by molar-refractivity contribution is -0.491. The van der Waals surface area contributed by atoms with Crippen LogP contribution in [0, 0.1) is 17.8 Å². The van der Waals surface area contributed by atoms with Crippen LogP contribution in [0.3, 0.4) is 0 Å². The van der Waals surface area contributed by atoms with E-state index in [-0.39, 0.29) is 23.6 Å². The molecule has 0 saturated heterocycles. The largest absolute Gasteiger partial charge is 0.412 e. The molecule has 2 fully saturated rings. The number of halogens is 3. The van der Waals surface area contributed by atoms with E-state index in [1.54, 1.807) is 18.2 Å². The molecule has 3 aliphatic rings. The summed E-state index contributed by atoms with van der Waals surface area (Å²) in [4.78, 5) is 41.9. The highest BCUT2D eigenvalue weighted by Crippen LogP contribution is 2.51. The van der Waals surface area contributed by atoms with Gasteiger partial charge in [0.05, 0.1) is 6.04 Å². The Balaban J connectivity index is 1.49. The molecule has 0 aromatic heterocycles. The third kappa shape index (κ3) is 7.21. The van der Waals surface area contributed by atoms with Crippen LogP contribution >= 0.6 is 0 Å². The highest BCUT2D eigenvalue weighted by molar-refractivity contribution is 6.41. The summed E-state index contributed by atoms with van der Waals surface area (Å²) in [5.41, 5.74) is 12.9. The summed E-state index contributed by atoms with van der Waals surface area (Å²) >= 11 is 0. The minimum absolute atomic E-state index is 0.0175. The first-order valence-corrected chi connectivity index (χ1v) is 13.8. The van der Waals surface area contributed by atoms with Crippen molar-refractivity contribution in [3.63, 3.8) is 0 Å². The van der Waals surface area contributed by atoms with Crippen LogP contribution in [-0.2, 0) is 20.8 Å². The normalized spacial score (nSPS) is 20.9. The van der Waals surface area contributed by atoms with Crippen molar-refractivity contribution in [2.24, 2.45) is 29.2 Å². The number of hydrogen-bond donors (Lipinski definition) is 6. The highest BCUT2D eigenvalue weighted by Gasteiger charge is 2.49. The van der Waals surface area contributed by atoms with E-state index in [2.05, 4.69) is 20.9 Å². The lowest BCUT2D eigenvalue weighted by atomic mass is 9.88. The van der Waals surface area contributed by atoms with Crippen molar-refractivity contribution in [3.05, 3.63) is 41.6 Å². The van der Waals surface area contributed by atoms with Gasteiger partial charge >= 0.3 is 12.1 Å². The third-order valence-corrected chi connectivity index (χ3v) is 7.68. The average molecular weight is 564 g/mol. The van der Waals surface area contributed by atoms with Crippen molar-refractivity contribution in [3.8, 4) is 0 Å². The topological polar surface area (TPSA) is 153 Å². The molecule has 0 heterocycles. The molecule has 0 aliphatic heterocycles. The Labute approximate surface area is 231 Å². The molecule has 4 rings (SSSR count). The summed E-state index contributed by atoms with van der Waals surface area (Å²) in [5, 5.41) is 8.30. The van der Waals surface area contributed by atoms with E-state index in [1.165, 1.54) is 12.3 Å². The summed E-state index contributed by atoms with van der Waals surface area (Å²) in [6.45, 7) is 3.79. The first-order chi connectivity index (χ1) is 18.9. The fraction of sp³-hybridized carbons (Fsp3) is 0.571. The van der Waals surface area contributed by atoms with Crippen LogP contribution in [-0.4, -0.2) is 47.7 Å². The van der Waals surface area contributed by atoms with Crippen LogP contribution in [0.15, 0.2) is 30.5 Å². The van der Waals surface area contributed by atoms with Gasteiger partial charge in [-0.3, -0.25) is 14.4 Å². The van der Waals surface area contributed by atoms with E-state index in [0.717, 1.165) is 31.2 Å². The van der Waals surface area contributed by atoms with Crippen LogP contribution in [0.5, 0.6) is 0 Å². The predicted octanol–water partition coefficient (Wildman–Crippen LogP) is 0.942. The molecule has 0 bridgehead atoms. The van der Waals surface area contributed by atoms with Gasteiger partial charge in [-0.2, -0.15) is 13.2 Å². The molecule has 218 valence electrons. The van der Waals surface area contributed by atoms with Gasteiger partial charge in [-0.25, -0.2) is 4.99 Å². The van der Waals surface area contributed by atoms with E-state index in [4.69, 9.17) is 11.5 Å². The van der Waals surface area contributed by atoms with Gasteiger partial charge in [0.15, 0.2) is 6.04 Å². The number of aryl methyl sites for hydroxylation is 1. The van der Waals surface area contributed by atoms with Crippen molar-refractivity contribution in [2.75, 3.05) is 5.32 Å². The number of benzene rings is 1. The first kappa shape index (κ1) is 29.6. The predicted molar refractivity (Wildman–Crippen MR) is 144 cm³/mol. The fourth-order valence-corrected chi connectivity index (χ4v) is 5.52. The smallest absolute Gasteiger partial charge is 0.404 e. The summed E-state index contributed by atoms with van der Waals surface area (Å²) in [5.74, 6) is -1.23. The van der Waals surface area contributed by atoms with Crippen molar-refractivity contribution >= 4 is 29.1 Å². The number of hydrogen-bond acceptors (Lipinski definition) is 5. The Bertz CT molecular complexity index is 1180. The van der Waals surface area contributed by atoms with Gasteiger partial charge in [-0.05, 0) is 93.4 Å². The van der Waals surface area contributed by atoms with Gasteiger partial charge in [0.1, 0.15) is 12.1 Å². The van der Waals surface area contributed by atoms with Gasteiger partial charge in [0, 0.05) is 18.0 Å². The third-order valence-electron chi connectivity index (χ3n) is 7.68.